The van der Waals surface area contributed by atoms with E-state index in [9.17, 15) is 0 Å². The second-order valence-corrected chi connectivity index (χ2v) is 7.09. The largest absolute Gasteiger partial charge is 0.355 e. The zero-order valence-electron chi connectivity index (χ0n) is 11.9. The van der Waals surface area contributed by atoms with Crippen LogP contribution < -0.4 is 5.32 Å². The Morgan fingerprint density at radius 1 is 1.47 bits per heavy atom. The van der Waals surface area contributed by atoms with Gasteiger partial charge in [0, 0.05) is 24.0 Å². The summed E-state index contributed by atoms with van der Waals surface area (Å²) in [6.07, 6.45) is 4.28. The summed E-state index contributed by atoms with van der Waals surface area (Å²) in [6, 6.07) is 0. The molecule has 0 aliphatic rings. The van der Waals surface area contributed by atoms with E-state index in [1.165, 1.54) is 0 Å². The normalized spacial score (nSPS) is 12.2. The minimum atomic E-state index is 0.238. The third kappa shape index (κ3) is 4.62. The van der Waals surface area contributed by atoms with E-state index in [4.69, 9.17) is 0 Å². The zero-order chi connectivity index (χ0) is 13.1. The molecule has 0 saturated heterocycles. The predicted molar refractivity (Wildman–Crippen MR) is 77.9 cm³/mol. The van der Waals surface area contributed by atoms with Gasteiger partial charge in [0.1, 0.15) is 0 Å². The van der Waals surface area contributed by atoms with Crippen LogP contribution in [0.1, 0.15) is 33.4 Å². The Balaban J connectivity index is 2.77. The van der Waals surface area contributed by atoms with Crippen LogP contribution in [0, 0.1) is 12.8 Å². The van der Waals surface area contributed by atoms with Gasteiger partial charge in [-0.1, -0.05) is 13.8 Å². The van der Waals surface area contributed by atoms with Crippen molar-refractivity contribution in [3.05, 3.63) is 11.9 Å². The molecule has 17 heavy (non-hydrogen) atoms. The molecule has 0 aromatic carbocycles. The predicted octanol–water partition coefficient (Wildman–Crippen LogP) is 3.40. The summed E-state index contributed by atoms with van der Waals surface area (Å²) in [7, 11) is 0. The van der Waals surface area contributed by atoms with E-state index in [0.717, 1.165) is 24.7 Å². The molecule has 98 valence electrons. The van der Waals surface area contributed by atoms with E-state index in [1.54, 1.807) is 0 Å². The lowest BCUT2D eigenvalue weighted by molar-refractivity contribution is 0.568. The second-order valence-electron chi connectivity index (χ2n) is 5.57. The highest BCUT2D eigenvalue weighted by molar-refractivity contribution is 7.99. The highest BCUT2D eigenvalue weighted by Gasteiger charge is 2.19. The van der Waals surface area contributed by atoms with Crippen LogP contribution >= 0.6 is 11.8 Å². The van der Waals surface area contributed by atoms with E-state index in [2.05, 4.69) is 55.0 Å². The smallest absolute Gasteiger partial charge is 0.203 e. The van der Waals surface area contributed by atoms with Crippen LogP contribution in [0.5, 0.6) is 0 Å². The quantitative estimate of drug-likeness (QED) is 0.845. The first-order valence-corrected chi connectivity index (χ1v) is 7.39. The molecule has 1 rings (SSSR count). The Labute approximate surface area is 109 Å². The van der Waals surface area contributed by atoms with E-state index in [1.807, 2.05) is 18.7 Å². The summed E-state index contributed by atoms with van der Waals surface area (Å²) in [5, 5.41) is 3.42. The van der Waals surface area contributed by atoms with Crippen molar-refractivity contribution in [2.45, 2.75) is 45.9 Å². The molecule has 0 spiro atoms. The molecule has 1 N–H and O–H groups in total. The van der Waals surface area contributed by atoms with E-state index >= 15 is 0 Å². The molecule has 1 aromatic heterocycles. The fourth-order valence-electron chi connectivity index (χ4n) is 1.58. The van der Waals surface area contributed by atoms with Gasteiger partial charge in [0.25, 0.3) is 0 Å². The minimum absolute atomic E-state index is 0.238. The molecule has 0 aliphatic carbocycles. The van der Waals surface area contributed by atoms with Crippen molar-refractivity contribution in [1.82, 2.24) is 9.55 Å². The van der Waals surface area contributed by atoms with Gasteiger partial charge in [-0.15, -0.1) is 0 Å². The van der Waals surface area contributed by atoms with Crippen LogP contribution in [-0.4, -0.2) is 27.1 Å². The fourth-order valence-corrected chi connectivity index (χ4v) is 1.85. The van der Waals surface area contributed by atoms with Crippen LogP contribution in [0.4, 0.5) is 5.95 Å². The first-order valence-electron chi connectivity index (χ1n) is 6.17. The van der Waals surface area contributed by atoms with Crippen molar-refractivity contribution < 1.29 is 0 Å². The van der Waals surface area contributed by atoms with Crippen LogP contribution in [0.25, 0.3) is 0 Å². The molecule has 0 radical (unpaired) electrons. The van der Waals surface area contributed by atoms with E-state index < -0.39 is 0 Å². The summed E-state index contributed by atoms with van der Waals surface area (Å²) < 4.78 is 2.47. The number of hydrogen-bond donors (Lipinski definition) is 1. The summed E-state index contributed by atoms with van der Waals surface area (Å²) in [6.45, 7) is 12.9. The van der Waals surface area contributed by atoms with Crippen LogP contribution in [0.15, 0.2) is 6.20 Å². The molecule has 0 unspecified atom stereocenters. The number of aryl methyl sites for hydroxylation is 1. The molecule has 1 heterocycles. The lowest BCUT2D eigenvalue weighted by Crippen LogP contribution is -2.24. The fraction of sp³-hybridized carbons (Fsp3) is 0.769. The highest BCUT2D eigenvalue weighted by atomic mass is 32.2. The third-order valence-electron chi connectivity index (χ3n) is 2.67. The van der Waals surface area contributed by atoms with Crippen LogP contribution in [-0.2, 0) is 6.54 Å². The standard InChI is InChI=1S/C13H25N3S/c1-10(2)7-14-12-15-11(3)8-16(12)9-13(4,5)17-6/h8,10H,7,9H2,1-6H3,(H,14,15). The van der Waals surface area contributed by atoms with Gasteiger partial charge in [-0.3, -0.25) is 0 Å². The number of rotatable bonds is 6. The maximum atomic E-state index is 4.54. The number of nitrogens with zero attached hydrogens (tertiary/aromatic N) is 2. The van der Waals surface area contributed by atoms with Crippen molar-refractivity contribution in [3.8, 4) is 0 Å². The monoisotopic (exact) mass is 255 g/mol. The van der Waals surface area contributed by atoms with Gasteiger partial charge in [0.15, 0.2) is 0 Å². The lowest BCUT2D eigenvalue weighted by atomic mass is 10.2. The van der Waals surface area contributed by atoms with E-state index in [-0.39, 0.29) is 4.75 Å². The summed E-state index contributed by atoms with van der Waals surface area (Å²) in [5.41, 5.74) is 1.08. The molecule has 3 nitrogen and oxygen atoms in total. The Hall–Kier alpha value is -0.640. The molecule has 0 atom stereocenters. The maximum Gasteiger partial charge on any atom is 0.203 e. The first-order chi connectivity index (χ1) is 7.84. The van der Waals surface area contributed by atoms with Crippen molar-refractivity contribution >= 4 is 17.7 Å². The average molecular weight is 255 g/mol. The Morgan fingerprint density at radius 3 is 2.65 bits per heavy atom. The van der Waals surface area contributed by atoms with Gasteiger partial charge in [-0.2, -0.15) is 11.8 Å². The molecule has 4 heteroatoms. The number of nitrogens with one attached hydrogen (secondary N) is 1. The second kappa shape index (κ2) is 5.80. The van der Waals surface area contributed by atoms with Gasteiger partial charge in [0.2, 0.25) is 5.95 Å². The Morgan fingerprint density at radius 2 is 2.12 bits per heavy atom. The number of thioether (sulfide) groups is 1. The first kappa shape index (κ1) is 14.4. The molecule has 0 bridgehead atoms. The van der Waals surface area contributed by atoms with Crippen molar-refractivity contribution in [2.75, 3.05) is 18.1 Å². The molecule has 0 fully saturated rings. The average Bonchev–Trinajstić information content (AvgIpc) is 2.55. The van der Waals surface area contributed by atoms with Crippen LogP contribution in [0.3, 0.4) is 0 Å². The SMILES string of the molecule is CSC(C)(C)Cn1cc(C)nc1NCC(C)C. The topological polar surface area (TPSA) is 29.9 Å². The zero-order valence-corrected chi connectivity index (χ0v) is 12.7. The molecular formula is C13H25N3S. The molecule has 0 aliphatic heterocycles. The summed E-state index contributed by atoms with van der Waals surface area (Å²) in [5.74, 6) is 1.63. The molecule has 0 amide bonds. The lowest BCUT2D eigenvalue weighted by Gasteiger charge is -2.23. The molecule has 1 aromatic rings. The minimum Gasteiger partial charge on any atom is -0.355 e. The van der Waals surface area contributed by atoms with Crippen molar-refractivity contribution in [1.29, 1.82) is 0 Å². The molecule has 0 saturated carbocycles. The van der Waals surface area contributed by atoms with Gasteiger partial charge in [-0.25, -0.2) is 4.98 Å². The number of anilines is 1. The van der Waals surface area contributed by atoms with Crippen LogP contribution in [0.2, 0.25) is 0 Å². The summed E-state index contributed by atoms with van der Waals surface area (Å²) in [4.78, 5) is 4.54. The maximum absolute atomic E-state index is 4.54. The Bertz CT molecular complexity index is 356. The number of aromatic nitrogens is 2. The van der Waals surface area contributed by atoms with Gasteiger partial charge in [-0.05, 0) is 32.9 Å². The van der Waals surface area contributed by atoms with Crippen molar-refractivity contribution in [2.24, 2.45) is 5.92 Å². The van der Waals surface area contributed by atoms with Gasteiger partial charge >= 0.3 is 0 Å². The van der Waals surface area contributed by atoms with Gasteiger partial charge in [0.05, 0.1) is 5.69 Å². The number of hydrogen-bond acceptors (Lipinski definition) is 3. The number of imidazole rings is 1. The van der Waals surface area contributed by atoms with Crippen molar-refractivity contribution in [3.63, 3.8) is 0 Å². The van der Waals surface area contributed by atoms with Gasteiger partial charge < -0.3 is 9.88 Å². The highest BCUT2D eigenvalue weighted by Crippen LogP contribution is 2.25. The Kier molecular flexibility index (Phi) is 4.92. The third-order valence-corrected chi connectivity index (χ3v) is 3.90. The molecular weight excluding hydrogens is 230 g/mol. The van der Waals surface area contributed by atoms with E-state index in [0.29, 0.717) is 5.92 Å². The summed E-state index contributed by atoms with van der Waals surface area (Å²) >= 11 is 1.89.